The van der Waals surface area contributed by atoms with E-state index in [0.717, 1.165) is 32.1 Å². The number of halogens is 1. The highest BCUT2D eigenvalue weighted by Gasteiger charge is 2.33. The fourth-order valence-electron chi connectivity index (χ4n) is 5.34. The summed E-state index contributed by atoms with van der Waals surface area (Å²) in [5, 5.41) is 11.4. The summed E-state index contributed by atoms with van der Waals surface area (Å²) in [5.41, 5.74) is 1.26. The molecule has 4 N–H and O–H groups in total. The van der Waals surface area contributed by atoms with Crippen LogP contribution < -0.4 is 21.3 Å². The quantitative estimate of drug-likeness (QED) is 0.205. The summed E-state index contributed by atoms with van der Waals surface area (Å²) < 4.78 is 5.30. The van der Waals surface area contributed by atoms with Gasteiger partial charge in [0, 0.05) is 17.5 Å². The minimum atomic E-state index is -1.07. The lowest BCUT2D eigenvalue weighted by Crippen LogP contribution is -2.56. The molecule has 0 radical (unpaired) electrons. The summed E-state index contributed by atoms with van der Waals surface area (Å²) in [6.07, 6.45) is 7.90. The number of hydrogen-bond acceptors (Lipinski definition) is 6. The molecule has 0 unspecified atom stereocenters. The zero-order valence-electron chi connectivity index (χ0n) is 23.7. The van der Waals surface area contributed by atoms with E-state index in [0.29, 0.717) is 41.8 Å². The lowest BCUT2D eigenvalue weighted by atomic mass is 9.84. The van der Waals surface area contributed by atoms with Crippen molar-refractivity contribution in [3.05, 3.63) is 46.5 Å². The maximum Gasteiger partial charge on any atom is 0.408 e. The van der Waals surface area contributed by atoms with Gasteiger partial charge in [-0.2, -0.15) is 0 Å². The third-order valence-corrected chi connectivity index (χ3v) is 8.05. The molecule has 0 aromatic heterocycles. The second kappa shape index (κ2) is 16.1. The molecule has 3 rings (SSSR count). The van der Waals surface area contributed by atoms with Gasteiger partial charge in [0.25, 0.3) is 0 Å². The first-order valence-electron chi connectivity index (χ1n) is 14.3. The van der Waals surface area contributed by atoms with Gasteiger partial charge in [-0.25, -0.2) is 4.79 Å². The number of alkyl carbamates (subject to hydrolysis) is 1. The topological polar surface area (TPSA) is 143 Å². The molecule has 1 aliphatic carbocycles. The van der Waals surface area contributed by atoms with Crippen LogP contribution >= 0.6 is 11.6 Å². The number of hydrogen-bond donors (Lipinski definition) is 4. The molecule has 1 saturated heterocycles. The number of amides is 4. The van der Waals surface area contributed by atoms with Crippen LogP contribution in [0, 0.1) is 11.8 Å². The van der Waals surface area contributed by atoms with Gasteiger partial charge in [0.2, 0.25) is 17.7 Å². The number of benzene rings is 1. The normalized spacial score (nSPS) is 19.8. The van der Waals surface area contributed by atoms with Crippen molar-refractivity contribution >= 4 is 41.7 Å². The summed E-state index contributed by atoms with van der Waals surface area (Å²) in [6, 6.07) is 4.06. The maximum absolute atomic E-state index is 13.5. The molecule has 10 nitrogen and oxygen atoms in total. The Balaban J connectivity index is 1.68. The molecule has 2 fully saturated rings. The lowest BCUT2D eigenvalue weighted by molar-refractivity contribution is -0.131. The number of carbonyl (C=O) groups excluding carboxylic acids is 5. The van der Waals surface area contributed by atoms with E-state index in [-0.39, 0.29) is 30.8 Å². The van der Waals surface area contributed by atoms with Crippen LogP contribution in [0.25, 0.3) is 0 Å². The second-order valence-corrected chi connectivity index (χ2v) is 11.3. The number of rotatable bonds is 13. The molecule has 1 aliphatic heterocycles. The summed E-state index contributed by atoms with van der Waals surface area (Å²) in [7, 11) is 0. The number of aldehydes is 1. The maximum atomic E-state index is 13.5. The van der Waals surface area contributed by atoms with Gasteiger partial charge in [-0.15, -0.1) is 0 Å². The van der Waals surface area contributed by atoms with Gasteiger partial charge in [0.1, 0.15) is 25.0 Å². The predicted octanol–water partition coefficient (Wildman–Crippen LogP) is 3.57. The minimum Gasteiger partial charge on any atom is -0.445 e. The highest BCUT2D eigenvalue weighted by Crippen LogP contribution is 2.27. The van der Waals surface area contributed by atoms with E-state index in [2.05, 4.69) is 21.3 Å². The van der Waals surface area contributed by atoms with Gasteiger partial charge in [0.15, 0.2) is 0 Å². The van der Waals surface area contributed by atoms with Gasteiger partial charge < -0.3 is 30.8 Å². The van der Waals surface area contributed by atoms with Crippen LogP contribution in [0.4, 0.5) is 4.79 Å². The molecule has 0 spiro atoms. The number of allylic oxidation sites excluding steroid dienone is 1. The number of nitrogens with one attached hydrogen (secondary N) is 4. The van der Waals surface area contributed by atoms with Crippen LogP contribution in [0.1, 0.15) is 70.8 Å². The molecule has 1 saturated carbocycles. The van der Waals surface area contributed by atoms with Crippen molar-refractivity contribution in [3.63, 3.8) is 0 Å². The molecular weight excluding hydrogens is 548 g/mol. The summed E-state index contributed by atoms with van der Waals surface area (Å²) >= 11 is 5.99. The first-order chi connectivity index (χ1) is 19.7. The molecule has 1 heterocycles. The fourth-order valence-corrected chi connectivity index (χ4v) is 5.55. The average Bonchev–Trinajstić information content (AvgIpc) is 3.37. The first-order valence-corrected chi connectivity index (χ1v) is 14.7. The zero-order valence-corrected chi connectivity index (χ0v) is 24.5. The van der Waals surface area contributed by atoms with Crippen molar-refractivity contribution in [2.45, 2.75) is 89.9 Å². The van der Waals surface area contributed by atoms with E-state index < -0.39 is 36.0 Å². The first kappa shape index (κ1) is 32.1. The van der Waals surface area contributed by atoms with Crippen molar-refractivity contribution in [3.8, 4) is 0 Å². The molecule has 224 valence electrons. The third-order valence-electron chi connectivity index (χ3n) is 7.81. The highest BCUT2D eigenvalue weighted by molar-refractivity contribution is 6.30. The van der Waals surface area contributed by atoms with Crippen molar-refractivity contribution in [2.24, 2.45) is 11.8 Å². The molecule has 1 aromatic rings. The smallest absolute Gasteiger partial charge is 0.408 e. The Hall–Kier alpha value is -3.40. The van der Waals surface area contributed by atoms with Crippen LogP contribution in [0.2, 0.25) is 5.02 Å². The van der Waals surface area contributed by atoms with Crippen molar-refractivity contribution in [1.82, 2.24) is 21.3 Å². The van der Waals surface area contributed by atoms with Crippen LogP contribution in [-0.2, 0) is 30.5 Å². The summed E-state index contributed by atoms with van der Waals surface area (Å²) in [4.78, 5) is 63.3. The molecule has 4 atom stereocenters. The molecule has 1 aromatic carbocycles. The van der Waals surface area contributed by atoms with Crippen LogP contribution in [-0.4, -0.2) is 54.8 Å². The van der Waals surface area contributed by atoms with Crippen molar-refractivity contribution in [1.29, 1.82) is 0 Å². The Morgan fingerprint density at radius 3 is 2.46 bits per heavy atom. The second-order valence-electron chi connectivity index (χ2n) is 10.9. The molecular formula is C30H41ClN4O6. The van der Waals surface area contributed by atoms with Crippen LogP contribution in [0.3, 0.4) is 0 Å². The van der Waals surface area contributed by atoms with Gasteiger partial charge >= 0.3 is 6.09 Å². The number of carbonyl (C=O) groups is 5. The third kappa shape index (κ3) is 10.2. The number of ether oxygens (including phenoxy) is 1. The zero-order chi connectivity index (χ0) is 29.8. The van der Waals surface area contributed by atoms with E-state index >= 15 is 0 Å². The molecule has 2 aliphatic rings. The SMILES string of the molecule is C/C=C(/C)[C@H](NC(=O)OCc1cccc(Cl)c1)C(=O)N[C@@H](CC1CCCCC1)C(=O)N[C@H](C=O)C[C@@H]1CCNC1=O. The fraction of sp³-hybridized carbons (Fsp3) is 0.567. The van der Waals surface area contributed by atoms with Crippen LogP contribution in [0.5, 0.6) is 0 Å². The Morgan fingerprint density at radius 2 is 1.83 bits per heavy atom. The van der Waals surface area contributed by atoms with Gasteiger partial charge in [-0.1, -0.05) is 61.9 Å². The Labute approximate surface area is 246 Å². The Kier molecular flexibility index (Phi) is 12.6. The molecule has 4 amide bonds. The van der Waals surface area contributed by atoms with Crippen LogP contribution in [0.15, 0.2) is 35.9 Å². The summed E-state index contributed by atoms with van der Waals surface area (Å²) in [6.45, 7) is 3.96. The van der Waals surface area contributed by atoms with E-state index in [1.54, 1.807) is 44.2 Å². The average molecular weight is 589 g/mol. The molecule has 41 heavy (non-hydrogen) atoms. The van der Waals surface area contributed by atoms with Crippen molar-refractivity contribution < 1.29 is 28.7 Å². The minimum absolute atomic E-state index is 0.0333. The molecule has 0 bridgehead atoms. The van der Waals surface area contributed by atoms with Gasteiger partial charge in [-0.3, -0.25) is 14.4 Å². The summed E-state index contributed by atoms with van der Waals surface area (Å²) in [5.74, 6) is -1.28. The Morgan fingerprint density at radius 1 is 1.07 bits per heavy atom. The predicted molar refractivity (Wildman–Crippen MR) is 155 cm³/mol. The lowest BCUT2D eigenvalue weighted by Gasteiger charge is -2.29. The standard InChI is InChI=1S/C30H41ClN4O6/c1-3-19(2)26(35-30(40)41-18-21-10-7-11-23(31)14-21)29(39)34-25(15-20-8-5-4-6-9-20)28(38)33-24(17-36)16-22-12-13-32-27(22)37/h3,7,10-11,14,17,20,22,24-26H,4-6,8-9,12-13,15-16,18H2,1-2H3,(H,32,37)(H,33,38)(H,34,39)(H,35,40)/b19-3-/t22-,24-,25-,26-/m0/s1. The largest absolute Gasteiger partial charge is 0.445 e. The van der Waals surface area contributed by atoms with E-state index in [9.17, 15) is 24.0 Å². The van der Waals surface area contributed by atoms with Gasteiger partial charge in [0.05, 0.1) is 6.04 Å². The Bertz CT molecular complexity index is 1120. The van der Waals surface area contributed by atoms with Crippen molar-refractivity contribution in [2.75, 3.05) is 6.54 Å². The highest BCUT2D eigenvalue weighted by atomic mass is 35.5. The monoisotopic (exact) mass is 588 g/mol. The van der Waals surface area contributed by atoms with E-state index in [4.69, 9.17) is 16.3 Å². The van der Waals surface area contributed by atoms with E-state index in [1.165, 1.54) is 0 Å². The van der Waals surface area contributed by atoms with Gasteiger partial charge in [-0.05, 0) is 62.3 Å². The van der Waals surface area contributed by atoms with E-state index in [1.807, 2.05) is 0 Å². The molecule has 11 heteroatoms.